The smallest absolute Gasteiger partial charge is 0.0486 e. The predicted molar refractivity (Wildman–Crippen MR) is 94.4 cm³/mol. The third kappa shape index (κ3) is 2.57. The molecule has 3 rings (SSSR count). The molecule has 0 atom stereocenters. The Hall–Kier alpha value is -1.32. The van der Waals surface area contributed by atoms with E-state index < -0.39 is 0 Å². The van der Waals surface area contributed by atoms with Crippen molar-refractivity contribution in [3.63, 3.8) is 0 Å². The molecule has 1 aromatic carbocycles. The summed E-state index contributed by atoms with van der Waals surface area (Å²) in [7, 11) is 4.29. The highest BCUT2D eigenvalue weighted by Crippen LogP contribution is 2.40. The van der Waals surface area contributed by atoms with Crippen LogP contribution in [0.25, 0.3) is 10.9 Å². The van der Waals surface area contributed by atoms with Gasteiger partial charge in [-0.3, -0.25) is 0 Å². The largest absolute Gasteiger partial charge is 0.343 e. The number of para-hydroxylation sites is 1. The Morgan fingerprint density at radius 1 is 1.14 bits per heavy atom. The highest BCUT2D eigenvalue weighted by atomic mass is 15.1. The van der Waals surface area contributed by atoms with Crippen LogP contribution >= 0.6 is 0 Å². The lowest BCUT2D eigenvalue weighted by molar-refractivity contribution is 0.237. The van der Waals surface area contributed by atoms with Crippen molar-refractivity contribution in [1.82, 2.24) is 14.8 Å². The summed E-state index contributed by atoms with van der Waals surface area (Å²) >= 11 is 0. The maximum absolute atomic E-state index is 3.83. The summed E-state index contributed by atoms with van der Waals surface area (Å²) in [5.74, 6) is 0. The van der Waals surface area contributed by atoms with Crippen LogP contribution in [-0.2, 0) is 18.5 Å². The van der Waals surface area contributed by atoms with Gasteiger partial charge in [-0.05, 0) is 47.9 Å². The van der Waals surface area contributed by atoms with E-state index >= 15 is 0 Å². The SMILES string of the molecule is CN(C)CCn1c2c(c3ccccc31)C(C)(C)NC(C)(C)C2. The molecule has 1 aliphatic heterocycles. The van der Waals surface area contributed by atoms with Crippen molar-refractivity contribution >= 4 is 10.9 Å². The van der Waals surface area contributed by atoms with Gasteiger partial charge in [0.05, 0.1) is 0 Å². The molecule has 2 heterocycles. The normalized spacial score (nSPS) is 19.6. The molecule has 0 spiro atoms. The van der Waals surface area contributed by atoms with E-state index in [-0.39, 0.29) is 11.1 Å². The molecule has 22 heavy (non-hydrogen) atoms. The second-order valence-electron chi connectivity index (χ2n) is 8.10. The Kier molecular flexibility index (Phi) is 3.61. The summed E-state index contributed by atoms with van der Waals surface area (Å²) in [5.41, 5.74) is 4.50. The minimum absolute atomic E-state index is 0.0000527. The molecule has 2 aromatic rings. The highest BCUT2D eigenvalue weighted by molar-refractivity contribution is 5.87. The lowest BCUT2D eigenvalue weighted by atomic mass is 9.80. The fourth-order valence-electron chi connectivity index (χ4n) is 4.16. The predicted octanol–water partition coefficient (Wildman–Crippen LogP) is 3.36. The standard InChI is InChI=1S/C19H29N3/c1-18(2)13-16-17(19(3,4)20-18)14-9-7-8-10-15(14)22(16)12-11-21(5)6/h7-10,20H,11-13H2,1-6H3. The molecule has 0 fully saturated rings. The zero-order valence-electron chi connectivity index (χ0n) is 14.8. The Morgan fingerprint density at radius 3 is 2.50 bits per heavy atom. The number of hydrogen-bond donors (Lipinski definition) is 1. The third-order valence-corrected chi connectivity index (χ3v) is 4.73. The van der Waals surface area contributed by atoms with Crippen molar-refractivity contribution < 1.29 is 0 Å². The molecule has 1 N–H and O–H groups in total. The van der Waals surface area contributed by atoms with Gasteiger partial charge in [-0.15, -0.1) is 0 Å². The lowest BCUT2D eigenvalue weighted by Crippen LogP contribution is -2.55. The molecule has 120 valence electrons. The molecule has 0 unspecified atom stereocenters. The van der Waals surface area contributed by atoms with Crippen molar-refractivity contribution in [2.75, 3.05) is 20.6 Å². The van der Waals surface area contributed by atoms with Crippen molar-refractivity contribution in [1.29, 1.82) is 0 Å². The van der Waals surface area contributed by atoms with Crippen LogP contribution in [0.3, 0.4) is 0 Å². The summed E-state index contributed by atoms with van der Waals surface area (Å²) < 4.78 is 2.55. The number of nitrogens with one attached hydrogen (secondary N) is 1. The van der Waals surface area contributed by atoms with Gasteiger partial charge in [-0.2, -0.15) is 0 Å². The van der Waals surface area contributed by atoms with E-state index in [0.29, 0.717) is 0 Å². The van der Waals surface area contributed by atoms with Crippen LogP contribution in [0.5, 0.6) is 0 Å². The zero-order chi connectivity index (χ0) is 16.1. The van der Waals surface area contributed by atoms with E-state index in [9.17, 15) is 0 Å². The van der Waals surface area contributed by atoms with Gasteiger partial charge in [0.1, 0.15) is 0 Å². The third-order valence-electron chi connectivity index (χ3n) is 4.73. The Labute approximate surface area is 134 Å². The summed E-state index contributed by atoms with van der Waals surface area (Å²) in [6.07, 6.45) is 1.08. The van der Waals surface area contributed by atoms with Crippen LogP contribution in [0.15, 0.2) is 24.3 Å². The molecular weight excluding hydrogens is 270 g/mol. The molecular formula is C19H29N3. The molecule has 0 saturated heterocycles. The van der Waals surface area contributed by atoms with Gasteiger partial charge in [-0.25, -0.2) is 0 Å². The van der Waals surface area contributed by atoms with E-state index in [1.165, 1.54) is 22.2 Å². The second kappa shape index (κ2) is 5.10. The second-order valence-corrected chi connectivity index (χ2v) is 8.10. The van der Waals surface area contributed by atoms with E-state index in [4.69, 9.17) is 0 Å². The van der Waals surface area contributed by atoms with Crippen molar-refractivity contribution in [3.05, 3.63) is 35.5 Å². The Bertz CT molecular complexity index is 692. The lowest BCUT2D eigenvalue weighted by Gasteiger charge is -2.43. The van der Waals surface area contributed by atoms with Crippen LogP contribution < -0.4 is 5.32 Å². The fourth-order valence-corrected chi connectivity index (χ4v) is 4.16. The number of hydrogen-bond acceptors (Lipinski definition) is 2. The van der Waals surface area contributed by atoms with Crippen LogP contribution in [-0.4, -0.2) is 35.6 Å². The first kappa shape index (κ1) is 15.6. The van der Waals surface area contributed by atoms with Gasteiger partial charge in [0.15, 0.2) is 0 Å². The molecule has 0 aliphatic carbocycles. The minimum atomic E-state index is 0.0000527. The monoisotopic (exact) mass is 299 g/mol. The van der Waals surface area contributed by atoms with Gasteiger partial charge < -0.3 is 14.8 Å². The average molecular weight is 299 g/mol. The van der Waals surface area contributed by atoms with E-state index in [1.54, 1.807) is 0 Å². The van der Waals surface area contributed by atoms with Gasteiger partial charge in [0.2, 0.25) is 0 Å². The van der Waals surface area contributed by atoms with Gasteiger partial charge >= 0.3 is 0 Å². The van der Waals surface area contributed by atoms with Gasteiger partial charge in [0.25, 0.3) is 0 Å². The molecule has 0 saturated carbocycles. The Balaban J connectivity index is 2.23. The van der Waals surface area contributed by atoms with Crippen LogP contribution in [0.4, 0.5) is 0 Å². The summed E-state index contributed by atoms with van der Waals surface area (Å²) in [6, 6.07) is 8.87. The first-order valence-corrected chi connectivity index (χ1v) is 8.26. The number of likely N-dealkylation sites (N-methyl/N-ethyl adjacent to an activating group) is 1. The molecule has 0 bridgehead atoms. The van der Waals surface area contributed by atoms with Crippen molar-refractivity contribution in [3.8, 4) is 0 Å². The van der Waals surface area contributed by atoms with Crippen molar-refractivity contribution in [2.45, 2.75) is 51.7 Å². The number of fused-ring (bicyclic) bond motifs is 3. The van der Waals surface area contributed by atoms with E-state index in [0.717, 1.165) is 19.5 Å². The zero-order valence-corrected chi connectivity index (χ0v) is 14.8. The maximum atomic E-state index is 3.83. The van der Waals surface area contributed by atoms with E-state index in [2.05, 4.69) is 80.8 Å². The Morgan fingerprint density at radius 2 is 1.82 bits per heavy atom. The summed E-state index contributed by atoms with van der Waals surface area (Å²) in [4.78, 5) is 2.26. The first-order valence-electron chi connectivity index (χ1n) is 8.26. The molecule has 3 heteroatoms. The van der Waals surface area contributed by atoms with Crippen LogP contribution in [0.2, 0.25) is 0 Å². The van der Waals surface area contributed by atoms with Gasteiger partial charge in [0, 0.05) is 52.7 Å². The number of benzene rings is 1. The quantitative estimate of drug-likeness (QED) is 0.938. The first-order chi connectivity index (χ1) is 10.2. The molecule has 1 aromatic heterocycles. The van der Waals surface area contributed by atoms with Crippen LogP contribution in [0.1, 0.15) is 39.0 Å². The average Bonchev–Trinajstić information content (AvgIpc) is 2.67. The van der Waals surface area contributed by atoms with Gasteiger partial charge in [-0.1, -0.05) is 18.2 Å². The molecule has 0 amide bonds. The molecule has 0 radical (unpaired) electrons. The minimum Gasteiger partial charge on any atom is -0.343 e. The molecule has 3 nitrogen and oxygen atoms in total. The molecule has 1 aliphatic rings. The van der Waals surface area contributed by atoms with E-state index in [1.807, 2.05) is 0 Å². The van der Waals surface area contributed by atoms with Crippen molar-refractivity contribution in [2.24, 2.45) is 0 Å². The topological polar surface area (TPSA) is 20.2 Å². The summed E-state index contributed by atoms with van der Waals surface area (Å²) in [6.45, 7) is 11.4. The summed E-state index contributed by atoms with van der Waals surface area (Å²) in [5, 5.41) is 5.24. The van der Waals surface area contributed by atoms with Crippen LogP contribution in [0, 0.1) is 0 Å². The fraction of sp³-hybridized carbons (Fsp3) is 0.579. The number of nitrogens with zero attached hydrogens (tertiary/aromatic N) is 2. The highest BCUT2D eigenvalue weighted by Gasteiger charge is 2.40. The number of rotatable bonds is 3. The maximum Gasteiger partial charge on any atom is 0.0486 e. The number of aromatic nitrogens is 1.